The number of nitrogens with two attached hydrogens (primary N) is 1. The summed E-state index contributed by atoms with van der Waals surface area (Å²) in [6.07, 6.45) is 2.49. The van der Waals surface area contributed by atoms with E-state index in [0.29, 0.717) is 5.69 Å². The van der Waals surface area contributed by atoms with E-state index in [0.717, 1.165) is 23.2 Å². The Morgan fingerprint density at radius 2 is 1.77 bits per heavy atom. The first-order chi connectivity index (χ1) is 14.5. The number of rotatable bonds is 7. The van der Waals surface area contributed by atoms with Gasteiger partial charge < -0.3 is 15.0 Å². The average Bonchev–Trinajstić information content (AvgIpc) is 3.15. The number of hydrogen-bond acceptors (Lipinski definition) is 4. The third-order valence-electron chi connectivity index (χ3n) is 4.91. The van der Waals surface area contributed by atoms with Gasteiger partial charge in [0.2, 0.25) is 5.91 Å². The van der Waals surface area contributed by atoms with Crippen LogP contribution in [0.5, 0.6) is 0 Å². The number of carbonyl (C=O) groups excluding carboxylic acids is 2. The molecule has 3 rings (SSSR count). The van der Waals surface area contributed by atoms with Gasteiger partial charge in [-0.15, -0.1) is 0 Å². The lowest BCUT2D eigenvalue weighted by molar-refractivity contribution is -0.118. The number of carbonyl (C=O) groups is 2. The third-order valence-corrected chi connectivity index (χ3v) is 4.91. The van der Waals surface area contributed by atoms with Gasteiger partial charge in [0.15, 0.2) is 5.92 Å². The highest BCUT2D eigenvalue weighted by molar-refractivity contribution is 5.99. The predicted octanol–water partition coefficient (Wildman–Crippen LogP) is 3.98. The van der Waals surface area contributed by atoms with Gasteiger partial charge in [0, 0.05) is 17.4 Å². The first kappa shape index (κ1) is 20.9. The van der Waals surface area contributed by atoms with E-state index in [1.807, 2.05) is 60.7 Å². The molecular formula is C24H23N3O3. The number of ether oxygens (including phenoxy) is 1. The minimum atomic E-state index is -1.30. The van der Waals surface area contributed by atoms with Gasteiger partial charge in [0.05, 0.1) is 23.9 Å². The molecule has 0 aliphatic heterocycles. The van der Waals surface area contributed by atoms with Crippen molar-refractivity contribution in [2.45, 2.75) is 26.2 Å². The molecule has 2 aromatic carbocycles. The van der Waals surface area contributed by atoms with Gasteiger partial charge in [-0.1, -0.05) is 49.4 Å². The van der Waals surface area contributed by atoms with Crippen LogP contribution in [0.25, 0.3) is 16.9 Å². The normalized spacial score (nSPS) is 11.5. The molecule has 0 saturated carbocycles. The number of esters is 1. The molecule has 3 aromatic rings. The van der Waals surface area contributed by atoms with Gasteiger partial charge in [-0.05, 0) is 36.6 Å². The van der Waals surface area contributed by atoms with Crippen LogP contribution in [-0.4, -0.2) is 23.1 Å². The highest BCUT2D eigenvalue weighted by atomic mass is 16.5. The Labute approximate surface area is 175 Å². The minimum Gasteiger partial charge on any atom is -0.462 e. The minimum absolute atomic E-state index is 0.153. The van der Waals surface area contributed by atoms with Crippen molar-refractivity contribution in [3.8, 4) is 23.0 Å². The van der Waals surface area contributed by atoms with Crippen LogP contribution in [-0.2, 0) is 16.0 Å². The zero-order valence-electron chi connectivity index (χ0n) is 17.0. The van der Waals surface area contributed by atoms with Crippen LogP contribution in [0.4, 0.5) is 0 Å². The summed E-state index contributed by atoms with van der Waals surface area (Å²) in [6, 6.07) is 19.2. The van der Waals surface area contributed by atoms with Crippen molar-refractivity contribution in [2.75, 3.05) is 6.61 Å². The third kappa shape index (κ3) is 3.96. The summed E-state index contributed by atoms with van der Waals surface area (Å²) >= 11 is 0. The highest BCUT2D eigenvalue weighted by Gasteiger charge is 2.32. The van der Waals surface area contributed by atoms with Crippen molar-refractivity contribution >= 4 is 11.9 Å². The summed E-state index contributed by atoms with van der Waals surface area (Å²) in [7, 11) is 0. The molecule has 1 atom stereocenters. The molecular weight excluding hydrogens is 378 g/mol. The number of amides is 1. The maximum absolute atomic E-state index is 12.7. The molecule has 6 heteroatoms. The molecule has 0 aliphatic carbocycles. The number of aromatic nitrogens is 1. The summed E-state index contributed by atoms with van der Waals surface area (Å²) in [4.78, 5) is 24.9. The van der Waals surface area contributed by atoms with Crippen molar-refractivity contribution in [2.24, 2.45) is 5.73 Å². The standard InChI is InChI=1S/C24H23N3O3/c1-3-16-10-12-17(13-11-16)22-21(19(14-25)23(26)28)20(24(29)30-4-2)15-27(22)18-8-6-5-7-9-18/h5-13,15,19H,3-4H2,1-2H3,(H2,26,28). The largest absolute Gasteiger partial charge is 0.462 e. The second-order valence-electron chi connectivity index (χ2n) is 6.75. The lowest BCUT2D eigenvalue weighted by Crippen LogP contribution is -2.22. The number of nitrogens with zero attached hydrogens (tertiary/aromatic N) is 2. The fourth-order valence-electron chi connectivity index (χ4n) is 3.44. The van der Waals surface area contributed by atoms with Crippen LogP contribution >= 0.6 is 0 Å². The van der Waals surface area contributed by atoms with Crippen LogP contribution in [0, 0.1) is 11.3 Å². The average molecular weight is 401 g/mol. The van der Waals surface area contributed by atoms with Gasteiger partial charge >= 0.3 is 5.97 Å². The number of hydrogen-bond donors (Lipinski definition) is 1. The van der Waals surface area contributed by atoms with Crippen molar-refractivity contribution in [1.82, 2.24) is 4.57 Å². The zero-order valence-corrected chi connectivity index (χ0v) is 17.0. The molecule has 1 unspecified atom stereocenters. The zero-order chi connectivity index (χ0) is 21.7. The molecule has 6 nitrogen and oxygen atoms in total. The molecule has 1 aromatic heterocycles. The summed E-state index contributed by atoms with van der Waals surface area (Å²) < 4.78 is 7.01. The summed E-state index contributed by atoms with van der Waals surface area (Å²) in [5.74, 6) is -2.72. The van der Waals surface area contributed by atoms with Gasteiger partial charge in [0.1, 0.15) is 0 Å². The van der Waals surface area contributed by atoms with E-state index >= 15 is 0 Å². The fourth-order valence-corrected chi connectivity index (χ4v) is 3.44. The molecule has 1 amide bonds. The monoisotopic (exact) mass is 401 g/mol. The molecule has 1 heterocycles. The summed E-state index contributed by atoms with van der Waals surface area (Å²) in [6.45, 7) is 3.93. The molecule has 0 bridgehead atoms. The van der Waals surface area contributed by atoms with Crippen molar-refractivity contribution in [3.05, 3.63) is 77.5 Å². The SMILES string of the molecule is CCOC(=O)c1cn(-c2ccccc2)c(-c2ccc(CC)cc2)c1C(C#N)C(N)=O. The predicted molar refractivity (Wildman–Crippen MR) is 114 cm³/mol. The number of benzene rings is 2. The van der Waals surface area contributed by atoms with E-state index in [-0.39, 0.29) is 17.7 Å². The number of nitriles is 1. The Morgan fingerprint density at radius 1 is 1.10 bits per heavy atom. The lowest BCUT2D eigenvalue weighted by Gasteiger charge is -2.14. The maximum atomic E-state index is 12.7. The van der Waals surface area contributed by atoms with Crippen LogP contribution in [0.2, 0.25) is 0 Å². The van der Waals surface area contributed by atoms with E-state index in [9.17, 15) is 14.9 Å². The Bertz CT molecular complexity index is 1090. The smallest absolute Gasteiger partial charge is 0.340 e. The first-order valence-electron chi connectivity index (χ1n) is 9.77. The van der Waals surface area contributed by atoms with Gasteiger partial charge in [-0.25, -0.2) is 4.79 Å². The molecule has 0 aliphatic rings. The van der Waals surface area contributed by atoms with E-state index in [1.54, 1.807) is 17.7 Å². The maximum Gasteiger partial charge on any atom is 0.340 e. The van der Waals surface area contributed by atoms with E-state index in [2.05, 4.69) is 6.92 Å². The van der Waals surface area contributed by atoms with Gasteiger partial charge in [-0.3, -0.25) is 4.79 Å². The van der Waals surface area contributed by atoms with E-state index in [1.165, 1.54) is 0 Å². The van der Waals surface area contributed by atoms with E-state index < -0.39 is 17.8 Å². The fraction of sp³-hybridized carbons (Fsp3) is 0.208. The molecule has 152 valence electrons. The lowest BCUT2D eigenvalue weighted by atomic mass is 9.92. The van der Waals surface area contributed by atoms with Crippen LogP contribution in [0.3, 0.4) is 0 Å². The summed E-state index contributed by atoms with van der Waals surface area (Å²) in [5, 5.41) is 9.71. The molecule has 2 N–H and O–H groups in total. The number of primary amides is 1. The Hall–Kier alpha value is -3.85. The van der Waals surface area contributed by atoms with Crippen LogP contribution in [0.15, 0.2) is 60.8 Å². The molecule has 0 spiro atoms. The Balaban J connectivity index is 2.38. The van der Waals surface area contributed by atoms with Crippen molar-refractivity contribution in [1.29, 1.82) is 5.26 Å². The summed E-state index contributed by atoms with van der Waals surface area (Å²) in [5.41, 5.74) is 9.22. The second-order valence-corrected chi connectivity index (χ2v) is 6.75. The number of para-hydroxylation sites is 1. The van der Waals surface area contributed by atoms with Crippen LogP contribution in [0.1, 0.15) is 41.3 Å². The second kappa shape index (κ2) is 9.10. The molecule has 0 saturated heterocycles. The van der Waals surface area contributed by atoms with E-state index in [4.69, 9.17) is 10.5 Å². The topological polar surface area (TPSA) is 98.1 Å². The highest BCUT2D eigenvalue weighted by Crippen LogP contribution is 2.36. The van der Waals surface area contributed by atoms with Crippen molar-refractivity contribution < 1.29 is 14.3 Å². The molecule has 30 heavy (non-hydrogen) atoms. The Kier molecular flexibility index (Phi) is 6.33. The van der Waals surface area contributed by atoms with Crippen molar-refractivity contribution in [3.63, 3.8) is 0 Å². The molecule has 0 fully saturated rings. The first-order valence-corrected chi connectivity index (χ1v) is 9.77. The van der Waals surface area contributed by atoms with Gasteiger partial charge in [-0.2, -0.15) is 5.26 Å². The van der Waals surface area contributed by atoms with Crippen LogP contribution < -0.4 is 5.73 Å². The quantitative estimate of drug-likeness (QED) is 0.606. The Morgan fingerprint density at radius 3 is 2.30 bits per heavy atom. The van der Waals surface area contributed by atoms with Gasteiger partial charge in [0.25, 0.3) is 0 Å². The molecule has 0 radical (unpaired) electrons. The number of aryl methyl sites for hydroxylation is 1.